The summed E-state index contributed by atoms with van der Waals surface area (Å²) in [5, 5.41) is 11.2. The molecule has 0 aliphatic rings. The minimum absolute atomic E-state index is 0.0886. The molecule has 3 nitrogen and oxygen atoms in total. The van der Waals surface area contributed by atoms with Crippen LogP contribution in [-0.4, -0.2) is 25.1 Å². The van der Waals surface area contributed by atoms with Crippen LogP contribution in [0.2, 0.25) is 0 Å². The lowest BCUT2D eigenvalue weighted by Crippen LogP contribution is -2.09. The smallest absolute Gasteiger partial charge is 0.394 e. The molecule has 0 heterocycles. The van der Waals surface area contributed by atoms with Crippen LogP contribution in [0.5, 0.6) is 0 Å². The van der Waals surface area contributed by atoms with Crippen molar-refractivity contribution in [1.82, 2.24) is 0 Å². The van der Waals surface area contributed by atoms with E-state index in [0.717, 1.165) is 12.1 Å². The largest absolute Gasteiger partial charge is 0.416 e. The summed E-state index contributed by atoms with van der Waals surface area (Å²) >= 11 is 0. The molecule has 0 aromatic heterocycles. The molecule has 0 saturated carbocycles. The van der Waals surface area contributed by atoms with E-state index in [1.165, 1.54) is 12.1 Å². The fraction of sp³-hybridized carbons (Fsp3) is 0.400. The predicted octanol–water partition coefficient (Wildman–Crippen LogP) is 2.08. The summed E-state index contributed by atoms with van der Waals surface area (Å²) in [7, 11) is 0. The monoisotopic (exact) mass is 235 g/mol. The number of aliphatic hydroxyl groups is 1. The fourth-order valence-corrected chi connectivity index (χ4v) is 1.05. The van der Waals surface area contributed by atoms with Crippen LogP contribution in [0.25, 0.3) is 0 Å². The van der Waals surface area contributed by atoms with Gasteiger partial charge in [0.05, 0.1) is 18.8 Å². The molecule has 16 heavy (non-hydrogen) atoms. The van der Waals surface area contributed by atoms with E-state index in [-0.39, 0.29) is 19.9 Å². The molecule has 0 amide bonds. The van der Waals surface area contributed by atoms with Crippen molar-refractivity contribution in [3.63, 3.8) is 0 Å². The van der Waals surface area contributed by atoms with Crippen molar-refractivity contribution in [2.45, 2.75) is 6.18 Å². The Morgan fingerprint density at radius 1 is 1.19 bits per heavy atom. The van der Waals surface area contributed by atoms with E-state index in [0.29, 0.717) is 5.69 Å². The Morgan fingerprint density at radius 2 is 1.81 bits per heavy atom. The molecular formula is C10H12F3NO2. The SMILES string of the molecule is OCCOCNc1ccc(C(F)(F)F)cc1. The zero-order valence-corrected chi connectivity index (χ0v) is 8.42. The van der Waals surface area contributed by atoms with Gasteiger partial charge >= 0.3 is 6.18 Å². The zero-order valence-electron chi connectivity index (χ0n) is 8.42. The van der Waals surface area contributed by atoms with Gasteiger partial charge in [-0.3, -0.25) is 0 Å². The van der Waals surface area contributed by atoms with Gasteiger partial charge in [-0.2, -0.15) is 13.2 Å². The highest BCUT2D eigenvalue weighted by molar-refractivity contribution is 5.44. The number of anilines is 1. The van der Waals surface area contributed by atoms with Crippen LogP contribution in [0.4, 0.5) is 18.9 Å². The van der Waals surface area contributed by atoms with Crippen LogP contribution in [0.1, 0.15) is 5.56 Å². The molecule has 1 aromatic carbocycles. The summed E-state index contributed by atoms with van der Waals surface area (Å²) in [5.74, 6) is 0. The summed E-state index contributed by atoms with van der Waals surface area (Å²) in [6.45, 7) is 0.244. The van der Waals surface area contributed by atoms with Crippen LogP contribution >= 0.6 is 0 Å². The minimum Gasteiger partial charge on any atom is -0.394 e. The third kappa shape index (κ3) is 4.08. The van der Waals surface area contributed by atoms with Crippen molar-refractivity contribution in [3.8, 4) is 0 Å². The topological polar surface area (TPSA) is 41.5 Å². The van der Waals surface area contributed by atoms with Crippen LogP contribution in [0.3, 0.4) is 0 Å². The second-order valence-electron chi connectivity index (χ2n) is 3.03. The van der Waals surface area contributed by atoms with Gasteiger partial charge < -0.3 is 15.2 Å². The van der Waals surface area contributed by atoms with Gasteiger partial charge in [0.1, 0.15) is 6.73 Å². The minimum atomic E-state index is -4.31. The predicted molar refractivity (Wildman–Crippen MR) is 53.0 cm³/mol. The van der Waals surface area contributed by atoms with Crippen LogP contribution in [-0.2, 0) is 10.9 Å². The highest BCUT2D eigenvalue weighted by Crippen LogP contribution is 2.29. The molecule has 0 atom stereocenters. The summed E-state index contributed by atoms with van der Waals surface area (Å²) in [6.07, 6.45) is -4.31. The van der Waals surface area contributed by atoms with Gasteiger partial charge in [0, 0.05) is 5.69 Å². The van der Waals surface area contributed by atoms with Gasteiger partial charge in [0.25, 0.3) is 0 Å². The standard InChI is InChI=1S/C10H12F3NO2/c11-10(12,13)8-1-3-9(4-2-8)14-7-16-6-5-15/h1-4,14-15H,5-7H2. The van der Waals surface area contributed by atoms with E-state index < -0.39 is 11.7 Å². The third-order valence-electron chi connectivity index (χ3n) is 1.83. The number of ether oxygens (including phenoxy) is 1. The molecule has 1 aromatic rings. The summed E-state index contributed by atoms with van der Waals surface area (Å²) in [5.41, 5.74) is -0.153. The van der Waals surface area contributed by atoms with E-state index in [2.05, 4.69) is 5.32 Å². The number of nitrogens with one attached hydrogen (secondary N) is 1. The van der Waals surface area contributed by atoms with E-state index in [1.807, 2.05) is 0 Å². The highest BCUT2D eigenvalue weighted by Gasteiger charge is 2.29. The highest BCUT2D eigenvalue weighted by atomic mass is 19.4. The first-order valence-corrected chi connectivity index (χ1v) is 4.64. The maximum atomic E-state index is 12.2. The number of aliphatic hydroxyl groups excluding tert-OH is 1. The van der Waals surface area contributed by atoms with Crippen LogP contribution in [0, 0.1) is 0 Å². The first-order valence-electron chi connectivity index (χ1n) is 4.64. The number of alkyl halides is 3. The van der Waals surface area contributed by atoms with Crippen molar-refractivity contribution >= 4 is 5.69 Å². The Kier molecular flexibility index (Phi) is 4.57. The second kappa shape index (κ2) is 5.72. The van der Waals surface area contributed by atoms with Crippen molar-refractivity contribution in [3.05, 3.63) is 29.8 Å². The molecule has 0 fully saturated rings. The van der Waals surface area contributed by atoms with Crippen molar-refractivity contribution in [2.24, 2.45) is 0 Å². The van der Waals surface area contributed by atoms with Crippen molar-refractivity contribution in [2.75, 3.05) is 25.3 Å². The Labute approximate surface area is 90.8 Å². The molecule has 2 N–H and O–H groups in total. The van der Waals surface area contributed by atoms with Crippen LogP contribution in [0.15, 0.2) is 24.3 Å². The molecule has 6 heteroatoms. The summed E-state index contributed by atoms with van der Waals surface area (Å²) in [6, 6.07) is 4.64. The third-order valence-corrected chi connectivity index (χ3v) is 1.83. The van der Waals surface area contributed by atoms with E-state index in [1.54, 1.807) is 0 Å². The Bertz CT molecular complexity index is 311. The van der Waals surface area contributed by atoms with Gasteiger partial charge in [0.15, 0.2) is 0 Å². The van der Waals surface area contributed by atoms with Gasteiger partial charge in [0.2, 0.25) is 0 Å². The normalized spacial score (nSPS) is 11.5. The van der Waals surface area contributed by atoms with Crippen LogP contribution < -0.4 is 5.32 Å². The number of benzene rings is 1. The molecule has 0 aliphatic carbocycles. The number of hydrogen-bond donors (Lipinski definition) is 2. The van der Waals surface area contributed by atoms with Gasteiger partial charge in [-0.25, -0.2) is 0 Å². The molecule has 0 bridgehead atoms. The molecule has 0 radical (unpaired) electrons. The molecular weight excluding hydrogens is 223 g/mol. The lowest BCUT2D eigenvalue weighted by Gasteiger charge is -2.09. The van der Waals surface area contributed by atoms with Gasteiger partial charge in [-0.15, -0.1) is 0 Å². The average Bonchev–Trinajstić information content (AvgIpc) is 2.24. The molecule has 90 valence electrons. The maximum absolute atomic E-state index is 12.2. The Morgan fingerprint density at radius 3 is 2.31 bits per heavy atom. The lowest BCUT2D eigenvalue weighted by atomic mass is 10.2. The van der Waals surface area contributed by atoms with E-state index in [9.17, 15) is 13.2 Å². The number of hydrogen-bond acceptors (Lipinski definition) is 3. The molecule has 0 unspecified atom stereocenters. The molecule has 1 rings (SSSR count). The number of halogens is 3. The first kappa shape index (κ1) is 12.8. The quantitative estimate of drug-likeness (QED) is 0.606. The lowest BCUT2D eigenvalue weighted by molar-refractivity contribution is -0.137. The van der Waals surface area contributed by atoms with Crippen molar-refractivity contribution < 1.29 is 23.0 Å². The molecule has 0 saturated heterocycles. The van der Waals surface area contributed by atoms with E-state index >= 15 is 0 Å². The fourth-order valence-electron chi connectivity index (χ4n) is 1.05. The maximum Gasteiger partial charge on any atom is 0.416 e. The Hall–Kier alpha value is -1.27. The second-order valence-corrected chi connectivity index (χ2v) is 3.03. The first-order chi connectivity index (χ1) is 7.54. The Balaban J connectivity index is 2.46. The average molecular weight is 235 g/mol. The summed E-state index contributed by atoms with van der Waals surface area (Å²) < 4.78 is 41.5. The summed E-state index contributed by atoms with van der Waals surface area (Å²) in [4.78, 5) is 0. The van der Waals surface area contributed by atoms with Gasteiger partial charge in [-0.1, -0.05) is 0 Å². The molecule has 0 spiro atoms. The zero-order chi connectivity index (χ0) is 12.0. The number of rotatable bonds is 5. The van der Waals surface area contributed by atoms with E-state index in [4.69, 9.17) is 9.84 Å². The van der Waals surface area contributed by atoms with Crippen molar-refractivity contribution in [1.29, 1.82) is 0 Å². The van der Waals surface area contributed by atoms with Gasteiger partial charge in [-0.05, 0) is 24.3 Å². The molecule has 0 aliphatic heterocycles.